The Morgan fingerprint density at radius 2 is 2.05 bits per heavy atom. The second-order valence-corrected chi connectivity index (χ2v) is 5.06. The summed E-state index contributed by atoms with van der Waals surface area (Å²) in [5, 5.41) is 6.06. The Hall–Kier alpha value is -2.21. The van der Waals surface area contributed by atoms with Crippen LogP contribution in [0.3, 0.4) is 0 Å². The fraction of sp³-hybridized carbons (Fsp3) is 0.0714. The first-order chi connectivity index (χ1) is 9.79. The first kappa shape index (κ1) is 12.8. The van der Waals surface area contributed by atoms with Crippen molar-refractivity contribution in [3.63, 3.8) is 0 Å². The van der Waals surface area contributed by atoms with Gasteiger partial charge in [0.15, 0.2) is 5.65 Å². The van der Waals surface area contributed by atoms with Gasteiger partial charge in [-0.05, 0) is 24.3 Å². The minimum atomic E-state index is -0.276. The molecule has 100 valence electrons. The fourth-order valence-electron chi connectivity index (χ4n) is 1.85. The summed E-state index contributed by atoms with van der Waals surface area (Å²) >= 11 is 1.58. The normalized spacial score (nSPS) is 10.8. The highest BCUT2D eigenvalue weighted by Gasteiger charge is 2.11. The maximum Gasteiger partial charge on any atom is 0.167 e. The predicted molar refractivity (Wildman–Crippen MR) is 77.5 cm³/mol. The quantitative estimate of drug-likeness (QED) is 0.419. The maximum atomic E-state index is 13.0. The Morgan fingerprint density at radius 1 is 1.25 bits per heavy atom. The van der Waals surface area contributed by atoms with Gasteiger partial charge < -0.3 is 0 Å². The summed E-state index contributed by atoms with van der Waals surface area (Å²) in [4.78, 5) is 8.52. The average Bonchev–Trinajstić information content (AvgIpc) is 2.90. The third-order valence-electron chi connectivity index (χ3n) is 2.74. The summed E-state index contributed by atoms with van der Waals surface area (Å²) in [6.07, 6.45) is 5.06. The Kier molecular flexibility index (Phi) is 3.47. The van der Waals surface area contributed by atoms with Crippen molar-refractivity contribution in [2.45, 2.75) is 5.03 Å². The van der Waals surface area contributed by atoms with Crippen LogP contribution in [0.1, 0.15) is 0 Å². The molecule has 0 atom stereocenters. The van der Waals surface area contributed by atoms with E-state index in [1.807, 2.05) is 6.08 Å². The smallest absolute Gasteiger partial charge is 0.167 e. The lowest BCUT2D eigenvalue weighted by molar-refractivity contribution is 0.627. The highest BCUT2D eigenvalue weighted by Crippen LogP contribution is 2.25. The first-order valence-electron chi connectivity index (χ1n) is 5.98. The third kappa shape index (κ3) is 2.30. The third-order valence-corrected chi connectivity index (χ3v) is 3.74. The lowest BCUT2D eigenvalue weighted by Crippen LogP contribution is -1.98. The van der Waals surface area contributed by atoms with Crippen LogP contribution in [-0.4, -0.2) is 25.5 Å². The van der Waals surface area contributed by atoms with Crippen molar-refractivity contribution in [1.29, 1.82) is 0 Å². The van der Waals surface area contributed by atoms with Gasteiger partial charge in [0.05, 0.1) is 17.3 Å². The summed E-state index contributed by atoms with van der Waals surface area (Å²) in [6, 6.07) is 6.13. The molecule has 0 aliphatic heterocycles. The topological polar surface area (TPSA) is 43.6 Å². The maximum absolute atomic E-state index is 13.0. The van der Waals surface area contributed by atoms with Gasteiger partial charge in [0, 0.05) is 5.75 Å². The van der Waals surface area contributed by atoms with Crippen molar-refractivity contribution in [3.8, 4) is 5.69 Å². The molecular weight excluding hydrogens is 275 g/mol. The van der Waals surface area contributed by atoms with Crippen LogP contribution in [0.25, 0.3) is 16.7 Å². The van der Waals surface area contributed by atoms with E-state index in [-0.39, 0.29) is 5.82 Å². The van der Waals surface area contributed by atoms with Gasteiger partial charge in [0.2, 0.25) is 0 Å². The molecule has 2 aromatic heterocycles. The van der Waals surface area contributed by atoms with Gasteiger partial charge in [-0.3, -0.25) is 0 Å². The minimum Gasteiger partial charge on any atom is -0.229 e. The lowest BCUT2D eigenvalue weighted by atomic mass is 10.3. The van der Waals surface area contributed by atoms with Crippen LogP contribution in [0.15, 0.2) is 54.5 Å². The summed E-state index contributed by atoms with van der Waals surface area (Å²) in [5.74, 6) is 0.496. The van der Waals surface area contributed by atoms with Crippen molar-refractivity contribution in [3.05, 3.63) is 55.3 Å². The Bertz CT molecular complexity index is 751. The van der Waals surface area contributed by atoms with Gasteiger partial charge in [0.25, 0.3) is 0 Å². The van der Waals surface area contributed by atoms with Crippen LogP contribution in [0.2, 0.25) is 0 Å². The highest BCUT2D eigenvalue weighted by molar-refractivity contribution is 7.99. The van der Waals surface area contributed by atoms with Crippen molar-refractivity contribution >= 4 is 22.8 Å². The van der Waals surface area contributed by atoms with Crippen LogP contribution in [-0.2, 0) is 0 Å². The number of hydrogen-bond donors (Lipinski definition) is 0. The standard InChI is InChI=1S/C14H11FN4S/c1-2-7-20-14-12-8-18-19(13(12)16-9-17-14)11-5-3-10(15)4-6-11/h2-6,8-9H,1,7H2. The van der Waals surface area contributed by atoms with Crippen molar-refractivity contribution in [2.24, 2.45) is 0 Å². The number of halogens is 1. The second-order valence-electron chi connectivity index (χ2n) is 4.05. The van der Waals surface area contributed by atoms with E-state index in [0.29, 0.717) is 5.65 Å². The fourth-order valence-corrected chi connectivity index (χ4v) is 2.54. The zero-order valence-corrected chi connectivity index (χ0v) is 11.3. The van der Waals surface area contributed by atoms with Crippen molar-refractivity contribution < 1.29 is 4.39 Å². The summed E-state index contributed by atoms with van der Waals surface area (Å²) < 4.78 is 14.7. The second kappa shape index (κ2) is 5.42. The molecule has 0 fully saturated rings. The number of benzene rings is 1. The molecule has 0 saturated carbocycles. The monoisotopic (exact) mass is 286 g/mol. The molecule has 0 spiro atoms. The van der Waals surface area contributed by atoms with E-state index in [0.717, 1.165) is 21.9 Å². The molecule has 0 aliphatic carbocycles. The number of fused-ring (bicyclic) bond motifs is 1. The Morgan fingerprint density at radius 3 is 2.80 bits per heavy atom. The zero-order chi connectivity index (χ0) is 13.9. The molecule has 0 amide bonds. The molecule has 0 radical (unpaired) electrons. The molecule has 0 saturated heterocycles. The van der Waals surface area contributed by atoms with Gasteiger partial charge in [-0.2, -0.15) is 5.10 Å². The van der Waals surface area contributed by atoms with E-state index in [1.165, 1.54) is 18.5 Å². The molecule has 1 aromatic carbocycles. The van der Waals surface area contributed by atoms with Gasteiger partial charge in [-0.25, -0.2) is 19.0 Å². The molecule has 0 bridgehead atoms. The van der Waals surface area contributed by atoms with E-state index in [2.05, 4.69) is 21.6 Å². The molecule has 0 aliphatic rings. The molecule has 20 heavy (non-hydrogen) atoms. The number of nitrogens with zero attached hydrogens (tertiary/aromatic N) is 4. The van der Waals surface area contributed by atoms with Crippen LogP contribution < -0.4 is 0 Å². The Labute approximate surface area is 119 Å². The SMILES string of the molecule is C=CCSc1ncnc2c1cnn2-c1ccc(F)cc1. The van der Waals surface area contributed by atoms with E-state index in [1.54, 1.807) is 34.8 Å². The van der Waals surface area contributed by atoms with Gasteiger partial charge in [-0.1, -0.05) is 6.08 Å². The highest BCUT2D eigenvalue weighted by atomic mass is 32.2. The van der Waals surface area contributed by atoms with Crippen molar-refractivity contribution in [2.75, 3.05) is 5.75 Å². The molecule has 6 heteroatoms. The first-order valence-corrected chi connectivity index (χ1v) is 6.96. The molecule has 3 aromatic rings. The van der Waals surface area contributed by atoms with Gasteiger partial charge in [0.1, 0.15) is 17.2 Å². The van der Waals surface area contributed by atoms with Crippen molar-refractivity contribution in [1.82, 2.24) is 19.7 Å². The van der Waals surface area contributed by atoms with Gasteiger partial charge in [-0.15, -0.1) is 18.3 Å². The number of rotatable bonds is 4. The molecule has 3 rings (SSSR count). The summed E-state index contributed by atoms with van der Waals surface area (Å²) in [6.45, 7) is 3.70. The molecule has 2 heterocycles. The van der Waals surface area contributed by atoms with Crippen LogP contribution >= 0.6 is 11.8 Å². The Balaban J connectivity index is 2.09. The predicted octanol–water partition coefficient (Wildman–Crippen LogP) is 3.23. The lowest BCUT2D eigenvalue weighted by Gasteiger charge is -2.03. The molecule has 0 unspecified atom stereocenters. The van der Waals surface area contributed by atoms with E-state index < -0.39 is 0 Å². The van der Waals surface area contributed by atoms with Crippen LogP contribution in [0, 0.1) is 5.82 Å². The molecule has 0 N–H and O–H groups in total. The number of aromatic nitrogens is 4. The average molecular weight is 286 g/mol. The van der Waals surface area contributed by atoms with E-state index in [4.69, 9.17) is 0 Å². The van der Waals surface area contributed by atoms with E-state index in [9.17, 15) is 4.39 Å². The molecule has 4 nitrogen and oxygen atoms in total. The number of thioether (sulfide) groups is 1. The van der Waals surface area contributed by atoms with Gasteiger partial charge >= 0.3 is 0 Å². The number of hydrogen-bond acceptors (Lipinski definition) is 4. The largest absolute Gasteiger partial charge is 0.229 e. The van der Waals surface area contributed by atoms with Crippen LogP contribution in [0.4, 0.5) is 4.39 Å². The summed E-state index contributed by atoms with van der Waals surface area (Å²) in [7, 11) is 0. The summed E-state index contributed by atoms with van der Waals surface area (Å²) in [5.41, 5.74) is 1.47. The van der Waals surface area contributed by atoms with Crippen LogP contribution in [0.5, 0.6) is 0 Å². The van der Waals surface area contributed by atoms with E-state index >= 15 is 0 Å². The zero-order valence-electron chi connectivity index (χ0n) is 10.5. The molecular formula is C14H11FN4S. The minimum absolute atomic E-state index is 0.276.